The number of hydrogen-bond donors (Lipinski definition) is 1. The third-order valence-corrected chi connectivity index (χ3v) is 4.94. The first kappa shape index (κ1) is 18.4. The molecule has 1 aliphatic rings. The predicted octanol–water partition coefficient (Wildman–Crippen LogP) is 4.26. The Hall–Kier alpha value is -2.37. The van der Waals surface area contributed by atoms with Gasteiger partial charge in [0.05, 0.1) is 0 Å². The predicted molar refractivity (Wildman–Crippen MR) is 95.4 cm³/mol. The van der Waals surface area contributed by atoms with Gasteiger partial charge in [-0.1, -0.05) is 25.7 Å². The number of aryl methyl sites for hydroxylation is 1. The number of fused-ring (bicyclic) bond motifs is 1. The van der Waals surface area contributed by atoms with Crippen molar-refractivity contribution in [1.82, 2.24) is 5.32 Å². The monoisotopic (exact) mass is 361 g/mol. The minimum absolute atomic E-state index is 0.000263. The normalized spacial score (nSPS) is 16.9. The number of carbonyl (C=O) groups is 2. The van der Waals surface area contributed by atoms with E-state index in [4.69, 9.17) is 9.15 Å². The highest BCUT2D eigenvalue weighted by Gasteiger charge is 2.25. The van der Waals surface area contributed by atoms with Crippen molar-refractivity contribution in [2.75, 3.05) is 0 Å². The molecule has 1 N–H and O–H groups in total. The van der Waals surface area contributed by atoms with Crippen LogP contribution in [0.3, 0.4) is 0 Å². The number of benzene rings is 1. The van der Waals surface area contributed by atoms with Crippen LogP contribution in [-0.2, 0) is 9.53 Å². The van der Waals surface area contributed by atoms with E-state index in [0.29, 0.717) is 16.5 Å². The Morgan fingerprint density at radius 3 is 2.62 bits per heavy atom. The van der Waals surface area contributed by atoms with Gasteiger partial charge < -0.3 is 14.5 Å². The van der Waals surface area contributed by atoms with Crippen LogP contribution in [0.2, 0.25) is 0 Å². The van der Waals surface area contributed by atoms with E-state index in [1.165, 1.54) is 31.0 Å². The van der Waals surface area contributed by atoms with E-state index in [1.807, 2.05) is 0 Å². The van der Waals surface area contributed by atoms with Gasteiger partial charge in [0, 0.05) is 17.0 Å². The van der Waals surface area contributed by atoms with Gasteiger partial charge in [-0.2, -0.15) is 0 Å². The molecule has 1 atom stereocenters. The Bertz CT molecular complexity index is 805. The number of hydrogen-bond acceptors (Lipinski definition) is 4. The van der Waals surface area contributed by atoms with Crippen LogP contribution in [0.4, 0.5) is 4.39 Å². The molecule has 6 heteroatoms. The van der Waals surface area contributed by atoms with Gasteiger partial charge in [-0.05, 0) is 44.9 Å². The topological polar surface area (TPSA) is 68.5 Å². The third kappa shape index (κ3) is 4.06. The lowest BCUT2D eigenvalue weighted by Crippen LogP contribution is -2.41. The van der Waals surface area contributed by atoms with Gasteiger partial charge >= 0.3 is 5.97 Å². The lowest BCUT2D eigenvalue weighted by molar-refractivity contribution is -0.130. The second-order valence-electron chi connectivity index (χ2n) is 6.94. The second kappa shape index (κ2) is 7.89. The summed E-state index contributed by atoms with van der Waals surface area (Å²) in [4.78, 5) is 24.7. The summed E-state index contributed by atoms with van der Waals surface area (Å²) >= 11 is 0. The van der Waals surface area contributed by atoms with Crippen LogP contribution in [0.5, 0.6) is 0 Å². The fraction of sp³-hybridized carbons (Fsp3) is 0.500. The maximum atomic E-state index is 13.4. The molecule has 0 bridgehead atoms. The second-order valence-corrected chi connectivity index (χ2v) is 6.94. The molecule has 0 radical (unpaired) electrons. The van der Waals surface area contributed by atoms with Crippen molar-refractivity contribution in [2.24, 2.45) is 0 Å². The lowest BCUT2D eigenvalue weighted by Gasteiger charge is -2.19. The zero-order valence-corrected chi connectivity index (χ0v) is 15.1. The SMILES string of the molecule is Cc1c(C(=O)O[C@@H](C)C(=O)NC2CCCCCC2)oc2ccc(F)cc12. The number of amides is 1. The van der Waals surface area contributed by atoms with Gasteiger partial charge in [0.25, 0.3) is 5.91 Å². The smallest absolute Gasteiger partial charge is 0.375 e. The van der Waals surface area contributed by atoms with E-state index >= 15 is 0 Å². The quantitative estimate of drug-likeness (QED) is 0.652. The molecule has 140 valence electrons. The molecule has 1 aromatic carbocycles. The maximum absolute atomic E-state index is 13.4. The summed E-state index contributed by atoms with van der Waals surface area (Å²) in [5, 5.41) is 3.49. The van der Waals surface area contributed by atoms with E-state index in [2.05, 4.69) is 5.32 Å². The first-order valence-corrected chi connectivity index (χ1v) is 9.15. The molecule has 2 aromatic rings. The molecule has 26 heavy (non-hydrogen) atoms. The van der Waals surface area contributed by atoms with E-state index in [0.717, 1.165) is 25.7 Å². The number of ether oxygens (including phenoxy) is 1. The number of esters is 1. The Kier molecular flexibility index (Phi) is 5.59. The molecule has 1 aromatic heterocycles. The average Bonchev–Trinajstić information content (AvgIpc) is 2.77. The Labute approximate surface area is 151 Å². The molecule has 0 aliphatic heterocycles. The highest BCUT2D eigenvalue weighted by atomic mass is 19.1. The summed E-state index contributed by atoms with van der Waals surface area (Å²) in [6.45, 7) is 3.21. The molecular weight excluding hydrogens is 337 g/mol. The van der Waals surface area contributed by atoms with Crippen LogP contribution in [0.25, 0.3) is 11.0 Å². The van der Waals surface area contributed by atoms with Gasteiger partial charge in [-0.3, -0.25) is 4.79 Å². The molecule has 0 saturated heterocycles. The summed E-state index contributed by atoms with van der Waals surface area (Å²) in [6.07, 6.45) is 5.60. The van der Waals surface area contributed by atoms with E-state index in [9.17, 15) is 14.0 Å². The Morgan fingerprint density at radius 1 is 1.23 bits per heavy atom. The lowest BCUT2D eigenvalue weighted by atomic mass is 10.1. The Morgan fingerprint density at radius 2 is 1.92 bits per heavy atom. The van der Waals surface area contributed by atoms with Crippen LogP contribution < -0.4 is 5.32 Å². The molecule has 0 unspecified atom stereocenters. The standard InChI is InChI=1S/C20H24FNO4/c1-12-16-11-14(21)9-10-17(16)26-18(12)20(24)25-13(2)19(23)22-15-7-5-3-4-6-8-15/h9-11,13,15H,3-8H2,1-2H3,(H,22,23)/t13-/m0/s1. The van der Waals surface area contributed by atoms with Gasteiger partial charge in [0.2, 0.25) is 5.76 Å². The Balaban J connectivity index is 1.65. The first-order valence-electron chi connectivity index (χ1n) is 9.15. The fourth-order valence-electron chi connectivity index (χ4n) is 3.40. The molecular formula is C20H24FNO4. The van der Waals surface area contributed by atoms with Gasteiger partial charge in [-0.25, -0.2) is 9.18 Å². The zero-order chi connectivity index (χ0) is 18.7. The van der Waals surface area contributed by atoms with Crippen molar-refractivity contribution >= 4 is 22.8 Å². The van der Waals surface area contributed by atoms with Crippen molar-refractivity contribution in [3.05, 3.63) is 35.3 Å². The number of halogens is 1. The summed E-state index contributed by atoms with van der Waals surface area (Å²) in [5.74, 6) is -1.43. The number of nitrogens with one attached hydrogen (secondary N) is 1. The van der Waals surface area contributed by atoms with Gasteiger partial charge in [0.1, 0.15) is 11.4 Å². The third-order valence-electron chi connectivity index (χ3n) is 4.94. The molecule has 3 rings (SSSR count). The van der Waals surface area contributed by atoms with Crippen molar-refractivity contribution in [3.8, 4) is 0 Å². The van der Waals surface area contributed by atoms with Crippen molar-refractivity contribution in [3.63, 3.8) is 0 Å². The molecule has 1 saturated carbocycles. The van der Waals surface area contributed by atoms with Gasteiger partial charge in [0.15, 0.2) is 6.10 Å². The van der Waals surface area contributed by atoms with E-state index in [1.54, 1.807) is 13.8 Å². The zero-order valence-electron chi connectivity index (χ0n) is 15.1. The van der Waals surface area contributed by atoms with Crippen LogP contribution in [-0.4, -0.2) is 24.0 Å². The summed E-state index contributed by atoms with van der Waals surface area (Å²) in [7, 11) is 0. The summed E-state index contributed by atoms with van der Waals surface area (Å²) in [5.41, 5.74) is 0.910. The summed E-state index contributed by atoms with van der Waals surface area (Å²) in [6, 6.07) is 4.19. The molecule has 1 fully saturated rings. The number of furan rings is 1. The fourth-order valence-corrected chi connectivity index (χ4v) is 3.40. The first-order chi connectivity index (χ1) is 12.5. The average molecular weight is 361 g/mol. The minimum Gasteiger partial charge on any atom is -0.449 e. The molecule has 1 amide bonds. The minimum atomic E-state index is -0.921. The van der Waals surface area contributed by atoms with E-state index in [-0.39, 0.29) is 17.7 Å². The van der Waals surface area contributed by atoms with Crippen molar-refractivity contribution in [1.29, 1.82) is 0 Å². The van der Waals surface area contributed by atoms with Crippen molar-refractivity contribution < 1.29 is 23.1 Å². The van der Waals surface area contributed by atoms with Gasteiger partial charge in [-0.15, -0.1) is 0 Å². The highest BCUT2D eigenvalue weighted by Crippen LogP contribution is 2.27. The number of rotatable bonds is 4. The maximum Gasteiger partial charge on any atom is 0.375 e. The van der Waals surface area contributed by atoms with Crippen LogP contribution in [0, 0.1) is 12.7 Å². The largest absolute Gasteiger partial charge is 0.449 e. The molecule has 1 aliphatic carbocycles. The van der Waals surface area contributed by atoms with Crippen LogP contribution in [0.15, 0.2) is 22.6 Å². The summed E-state index contributed by atoms with van der Waals surface area (Å²) < 4.78 is 24.1. The van der Waals surface area contributed by atoms with Crippen LogP contribution in [0.1, 0.15) is 61.6 Å². The number of carbonyl (C=O) groups excluding carboxylic acids is 2. The van der Waals surface area contributed by atoms with Crippen molar-refractivity contribution in [2.45, 2.75) is 64.5 Å². The molecule has 1 heterocycles. The highest BCUT2D eigenvalue weighted by molar-refractivity contribution is 5.97. The van der Waals surface area contributed by atoms with Crippen LogP contribution >= 0.6 is 0 Å². The molecule has 5 nitrogen and oxygen atoms in total. The van der Waals surface area contributed by atoms with E-state index < -0.39 is 17.9 Å². The molecule has 0 spiro atoms.